The second-order valence-corrected chi connectivity index (χ2v) is 15.5. The molecule has 0 aliphatic heterocycles. The highest BCUT2D eigenvalue weighted by Gasteiger charge is 2.34. The molecule has 5 rings (SSSR count). The summed E-state index contributed by atoms with van der Waals surface area (Å²) >= 11 is 0. The monoisotopic (exact) mass is 563 g/mol. The highest BCUT2D eigenvalue weighted by Crippen LogP contribution is 2.46. The minimum absolute atomic E-state index is 0.548. The normalized spacial score (nSPS) is 41.1. The molecule has 1 nitrogen and oxygen atoms in total. The van der Waals surface area contributed by atoms with Crippen LogP contribution in [0.4, 0.5) is 0 Å². The number of hydrogen-bond acceptors (Lipinski definition) is 1. The molecular weight excluding hydrogens is 496 g/mol. The summed E-state index contributed by atoms with van der Waals surface area (Å²) in [5.74, 6) is 8.40. The lowest BCUT2D eigenvalue weighted by Gasteiger charge is -2.41. The molecule has 5 aliphatic rings. The third-order valence-electron chi connectivity index (χ3n) is 12.8. The second-order valence-electron chi connectivity index (χ2n) is 15.5. The van der Waals surface area contributed by atoms with Crippen molar-refractivity contribution in [2.75, 3.05) is 6.61 Å². The Kier molecular flexibility index (Phi) is 13.0. The van der Waals surface area contributed by atoms with Crippen molar-refractivity contribution in [1.82, 2.24) is 0 Å². The van der Waals surface area contributed by atoms with Crippen molar-refractivity contribution in [2.24, 2.45) is 53.3 Å². The Bertz CT molecular complexity index is 770. The van der Waals surface area contributed by atoms with Crippen LogP contribution >= 0.6 is 0 Å². The maximum absolute atomic E-state index is 6.09. The summed E-state index contributed by atoms with van der Waals surface area (Å²) in [5.41, 5.74) is 0. The van der Waals surface area contributed by atoms with E-state index < -0.39 is 0 Å². The Morgan fingerprint density at radius 2 is 0.780 bits per heavy atom. The van der Waals surface area contributed by atoms with Crippen LogP contribution in [0.15, 0.2) is 37.0 Å². The first-order valence-electron chi connectivity index (χ1n) is 18.8. The first-order valence-corrected chi connectivity index (χ1v) is 18.8. The van der Waals surface area contributed by atoms with E-state index in [0.717, 1.165) is 59.9 Å². The Hall–Kier alpha value is -0.820. The average Bonchev–Trinajstić information content (AvgIpc) is 3.04. The molecule has 0 amide bonds. The van der Waals surface area contributed by atoms with Gasteiger partial charge in [-0.1, -0.05) is 43.7 Å². The molecule has 0 aromatic carbocycles. The molecule has 0 bridgehead atoms. The smallest absolute Gasteiger partial charge is 0.0575 e. The van der Waals surface area contributed by atoms with Crippen LogP contribution in [-0.2, 0) is 4.74 Å². The highest BCUT2D eigenvalue weighted by atomic mass is 16.5. The summed E-state index contributed by atoms with van der Waals surface area (Å²) < 4.78 is 6.09. The van der Waals surface area contributed by atoms with Crippen molar-refractivity contribution < 1.29 is 4.74 Å². The van der Waals surface area contributed by atoms with E-state index in [2.05, 4.69) is 43.9 Å². The molecule has 41 heavy (non-hydrogen) atoms. The lowest BCUT2D eigenvalue weighted by atomic mass is 9.65. The van der Waals surface area contributed by atoms with Gasteiger partial charge >= 0.3 is 0 Å². The summed E-state index contributed by atoms with van der Waals surface area (Å²) in [5, 5.41) is 0. The van der Waals surface area contributed by atoms with Crippen molar-refractivity contribution in [3.05, 3.63) is 37.0 Å². The SMILES string of the molecule is C=CC1CCC(/C=C/C2CCC(C3CCC(C4CCC(/C=C/C5CCC(OCCCC)CC5)CC4)CC3)CC2)CC1. The molecule has 0 aromatic heterocycles. The molecule has 0 unspecified atom stereocenters. The fourth-order valence-electron chi connectivity index (χ4n) is 9.75. The molecule has 0 atom stereocenters. The van der Waals surface area contributed by atoms with Gasteiger partial charge in [-0.2, -0.15) is 0 Å². The maximum Gasteiger partial charge on any atom is 0.0575 e. The maximum atomic E-state index is 6.09. The summed E-state index contributed by atoms with van der Waals surface area (Å²) in [4.78, 5) is 0. The summed E-state index contributed by atoms with van der Waals surface area (Å²) in [6.45, 7) is 7.24. The van der Waals surface area contributed by atoms with Crippen LogP contribution in [0, 0.1) is 53.3 Å². The van der Waals surface area contributed by atoms with Gasteiger partial charge in [0.25, 0.3) is 0 Å². The largest absolute Gasteiger partial charge is 0.378 e. The first kappa shape index (κ1) is 31.6. The Morgan fingerprint density at radius 3 is 1.15 bits per heavy atom. The zero-order valence-electron chi connectivity index (χ0n) is 27.0. The van der Waals surface area contributed by atoms with Gasteiger partial charge in [0.05, 0.1) is 6.10 Å². The molecule has 0 saturated heterocycles. The van der Waals surface area contributed by atoms with Gasteiger partial charge in [-0.3, -0.25) is 0 Å². The fourth-order valence-corrected chi connectivity index (χ4v) is 9.75. The molecule has 0 radical (unpaired) electrons. The van der Waals surface area contributed by atoms with Crippen LogP contribution in [0.3, 0.4) is 0 Å². The number of unbranched alkanes of at least 4 members (excludes halogenated alkanes) is 1. The quantitative estimate of drug-likeness (QED) is 0.180. The molecule has 5 aliphatic carbocycles. The van der Waals surface area contributed by atoms with Crippen molar-refractivity contribution in [3.63, 3.8) is 0 Å². The third kappa shape index (κ3) is 9.84. The topological polar surface area (TPSA) is 9.23 Å². The van der Waals surface area contributed by atoms with E-state index in [1.807, 2.05) is 0 Å². The van der Waals surface area contributed by atoms with Gasteiger partial charge < -0.3 is 4.74 Å². The zero-order valence-corrected chi connectivity index (χ0v) is 27.0. The van der Waals surface area contributed by atoms with Crippen LogP contribution in [0.5, 0.6) is 0 Å². The molecule has 5 fully saturated rings. The Labute approximate surface area is 255 Å². The molecule has 0 heterocycles. The predicted molar refractivity (Wildman–Crippen MR) is 177 cm³/mol. The summed E-state index contributed by atoms with van der Waals surface area (Å²) in [7, 11) is 0. The summed E-state index contributed by atoms with van der Waals surface area (Å²) in [6.07, 6.45) is 44.6. The van der Waals surface area contributed by atoms with E-state index in [0.29, 0.717) is 6.10 Å². The molecule has 0 N–H and O–H groups in total. The van der Waals surface area contributed by atoms with Crippen molar-refractivity contribution in [2.45, 2.75) is 154 Å². The Morgan fingerprint density at radius 1 is 0.463 bits per heavy atom. The predicted octanol–water partition coefficient (Wildman–Crippen LogP) is 11.9. The van der Waals surface area contributed by atoms with Gasteiger partial charge in [0, 0.05) is 6.61 Å². The van der Waals surface area contributed by atoms with Crippen molar-refractivity contribution in [1.29, 1.82) is 0 Å². The van der Waals surface area contributed by atoms with E-state index in [1.165, 1.54) is 116 Å². The number of allylic oxidation sites excluding steroid dienone is 5. The van der Waals surface area contributed by atoms with Gasteiger partial charge in [-0.05, 0) is 188 Å². The van der Waals surface area contributed by atoms with Gasteiger partial charge in [0.2, 0.25) is 0 Å². The lowest BCUT2D eigenvalue weighted by molar-refractivity contribution is 0.0208. The van der Waals surface area contributed by atoms with Crippen LogP contribution in [0.25, 0.3) is 0 Å². The fraction of sp³-hybridized carbons (Fsp3) is 0.850. The number of ether oxygens (including phenoxy) is 1. The second kappa shape index (κ2) is 16.9. The van der Waals surface area contributed by atoms with Gasteiger partial charge in [-0.25, -0.2) is 0 Å². The van der Waals surface area contributed by atoms with E-state index in [9.17, 15) is 0 Å². The van der Waals surface area contributed by atoms with E-state index >= 15 is 0 Å². The van der Waals surface area contributed by atoms with Gasteiger partial charge in [0.1, 0.15) is 0 Å². The van der Waals surface area contributed by atoms with Crippen LogP contribution in [-0.4, -0.2) is 12.7 Å². The van der Waals surface area contributed by atoms with Crippen LogP contribution in [0.2, 0.25) is 0 Å². The minimum atomic E-state index is 0.548. The molecule has 1 heteroatoms. The number of rotatable bonds is 11. The average molecular weight is 563 g/mol. The van der Waals surface area contributed by atoms with E-state index in [1.54, 1.807) is 25.7 Å². The third-order valence-corrected chi connectivity index (χ3v) is 12.8. The summed E-state index contributed by atoms with van der Waals surface area (Å²) in [6, 6.07) is 0. The van der Waals surface area contributed by atoms with E-state index in [-0.39, 0.29) is 0 Å². The van der Waals surface area contributed by atoms with Crippen LogP contribution < -0.4 is 0 Å². The molecule has 0 spiro atoms. The molecule has 5 saturated carbocycles. The van der Waals surface area contributed by atoms with Crippen LogP contribution in [0.1, 0.15) is 148 Å². The minimum Gasteiger partial charge on any atom is -0.378 e. The Balaban J connectivity index is 0.930. The standard InChI is InChI=1S/C40H66O/c1-3-5-30-41-40-28-18-35(19-29-40)13-12-34-16-22-37(23-17-34)39-26-24-38(25-27-39)36-20-14-33(15-21-36)11-10-32-8-6-31(4-2)7-9-32/h4,10-13,31-40H,2-3,5-9,14-30H2,1H3/b11-10+,13-12+. The lowest BCUT2D eigenvalue weighted by Crippen LogP contribution is -2.29. The van der Waals surface area contributed by atoms with E-state index in [4.69, 9.17) is 4.74 Å². The van der Waals surface area contributed by atoms with Gasteiger partial charge in [-0.15, -0.1) is 6.58 Å². The van der Waals surface area contributed by atoms with Gasteiger partial charge in [0.15, 0.2) is 0 Å². The molecular formula is C40H66O. The van der Waals surface area contributed by atoms with Crippen molar-refractivity contribution >= 4 is 0 Å². The van der Waals surface area contributed by atoms with Crippen molar-refractivity contribution in [3.8, 4) is 0 Å². The first-order chi connectivity index (χ1) is 20.2. The highest BCUT2D eigenvalue weighted by molar-refractivity contribution is 4.99. The molecule has 232 valence electrons. The molecule has 0 aromatic rings. The number of hydrogen-bond donors (Lipinski definition) is 0. The zero-order chi connectivity index (χ0) is 28.3.